The molecule has 0 spiro atoms. The molecule has 3 aromatic carbocycles. The second-order valence-corrected chi connectivity index (χ2v) is 5.67. The van der Waals surface area contributed by atoms with Crippen molar-refractivity contribution in [2.75, 3.05) is 7.11 Å². The van der Waals surface area contributed by atoms with Crippen LogP contribution in [-0.2, 0) is 0 Å². The van der Waals surface area contributed by atoms with Crippen molar-refractivity contribution in [2.45, 2.75) is 0 Å². The Kier molecular flexibility index (Phi) is 3.98. The molecule has 0 amide bonds. The Labute approximate surface area is 146 Å². The van der Waals surface area contributed by atoms with Crippen LogP contribution in [-0.4, -0.2) is 7.11 Å². The number of ether oxygens (including phenoxy) is 1. The van der Waals surface area contributed by atoms with Crippen molar-refractivity contribution in [1.29, 1.82) is 0 Å². The van der Waals surface area contributed by atoms with Gasteiger partial charge >= 0.3 is 0 Å². The van der Waals surface area contributed by atoms with Gasteiger partial charge in [-0.15, -0.1) is 0 Å². The number of fused-ring (bicyclic) bond motifs is 1. The van der Waals surface area contributed by atoms with Gasteiger partial charge in [0.15, 0.2) is 0 Å². The van der Waals surface area contributed by atoms with E-state index in [-0.39, 0.29) is 0 Å². The largest absolute Gasteiger partial charge is 0.497 e. The third-order valence-electron chi connectivity index (χ3n) is 4.12. The molecule has 0 unspecified atom stereocenters. The second-order valence-electron chi connectivity index (χ2n) is 5.67. The maximum Gasteiger partial charge on any atom is 0.138 e. The van der Waals surface area contributed by atoms with Crippen LogP contribution < -0.4 is 4.74 Å². The molecule has 4 rings (SSSR count). The number of benzene rings is 3. The molecule has 1 aromatic heterocycles. The molecule has 2 nitrogen and oxygen atoms in total. The van der Waals surface area contributed by atoms with Gasteiger partial charge < -0.3 is 9.15 Å². The van der Waals surface area contributed by atoms with Crippen molar-refractivity contribution in [1.82, 2.24) is 0 Å². The molecule has 120 valence electrons. The summed E-state index contributed by atoms with van der Waals surface area (Å²) in [5, 5.41) is 1.05. The van der Waals surface area contributed by atoms with Crippen LogP contribution in [0.25, 0.3) is 22.1 Å². The molecule has 25 heavy (non-hydrogen) atoms. The Morgan fingerprint density at radius 3 is 2.44 bits per heavy atom. The molecular formula is C23H16O2. The van der Waals surface area contributed by atoms with Gasteiger partial charge in [0.2, 0.25) is 0 Å². The zero-order valence-electron chi connectivity index (χ0n) is 13.8. The van der Waals surface area contributed by atoms with Crippen LogP contribution in [0, 0.1) is 11.8 Å². The van der Waals surface area contributed by atoms with Gasteiger partial charge in [0.25, 0.3) is 0 Å². The third kappa shape index (κ3) is 3.00. The first kappa shape index (κ1) is 15.1. The van der Waals surface area contributed by atoms with Crippen LogP contribution in [0.15, 0.2) is 83.5 Å². The zero-order valence-corrected chi connectivity index (χ0v) is 13.8. The number of furan rings is 1. The van der Waals surface area contributed by atoms with Crippen LogP contribution in [0.2, 0.25) is 0 Å². The minimum atomic E-state index is 0.783. The topological polar surface area (TPSA) is 22.4 Å². The van der Waals surface area contributed by atoms with E-state index < -0.39 is 0 Å². The summed E-state index contributed by atoms with van der Waals surface area (Å²) >= 11 is 0. The molecule has 4 aromatic rings. The molecule has 0 aliphatic heterocycles. The number of hydrogen-bond acceptors (Lipinski definition) is 2. The van der Waals surface area contributed by atoms with Crippen LogP contribution >= 0.6 is 0 Å². The van der Waals surface area contributed by atoms with Gasteiger partial charge in [-0.1, -0.05) is 48.2 Å². The van der Waals surface area contributed by atoms with Crippen molar-refractivity contribution in [3.8, 4) is 28.7 Å². The van der Waals surface area contributed by atoms with Gasteiger partial charge in [-0.3, -0.25) is 0 Å². The van der Waals surface area contributed by atoms with Gasteiger partial charge in [0.05, 0.1) is 13.4 Å². The van der Waals surface area contributed by atoms with E-state index in [1.165, 1.54) is 0 Å². The Morgan fingerprint density at radius 2 is 1.60 bits per heavy atom. The van der Waals surface area contributed by atoms with Gasteiger partial charge in [-0.2, -0.15) is 0 Å². The van der Waals surface area contributed by atoms with Crippen LogP contribution in [0.4, 0.5) is 0 Å². The fraction of sp³-hybridized carbons (Fsp3) is 0.0435. The monoisotopic (exact) mass is 324 g/mol. The molecule has 0 aliphatic carbocycles. The molecule has 0 saturated heterocycles. The Morgan fingerprint density at radius 1 is 0.800 bits per heavy atom. The molecule has 0 radical (unpaired) electrons. The van der Waals surface area contributed by atoms with E-state index in [4.69, 9.17) is 9.15 Å². The summed E-state index contributed by atoms with van der Waals surface area (Å²) in [4.78, 5) is 0. The van der Waals surface area contributed by atoms with Crippen molar-refractivity contribution in [3.05, 3.63) is 90.2 Å². The maximum absolute atomic E-state index is 5.74. The lowest BCUT2D eigenvalue weighted by Gasteiger charge is -2.03. The molecule has 2 heteroatoms. The van der Waals surface area contributed by atoms with E-state index in [0.717, 1.165) is 39.0 Å². The van der Waals surface area contributed by atoms with E-state index in [0.29, 0.717) is 0 Å². The number of hydrogen-bond donors (Lipinski definition) is 0. The van der Waals surface area contributed by atoms with Gasteiger partial charge in [-0.25, -0.2) is 0 Å². The zero-order chi connectivity index (χ0) is 17.1. The van der Waals surface area contributed by atoms with Crippen LogP contribution in [0.5, 0.6) is 5.75 Å². The van der Waals surface area contributed by atoms with Crippen LogP contribution in [0.1, 0.15) is 11.1 Å². The fourth-order valence-corrected chi connectivity index (χ4v) is 2.83. The minimum Gasteiger partial charge on any atom is -0.497 e. The first-order valence-corrected chi connectivity index (χ1v) is 8.07. The number of rotatable bonds is 2. The molecule has 0 N–H and O–H groups in total. The van der Waals surface area contributed by atoms with E-state index >= 15 is 0 Å². The average molecular weight is 324 g/mol. The maximum atomic E-state index is 5.74. The molecular weight excluding hydrogens is 308 g/mol. The third-order valence-corrected chi connectivity index (χ3v) is 4.12. The highest BCUT2D eigenvalue weighted by Crippen LogP contribution is 2.34. The summed E-state index contributed by atoms with van der Waals surface area (Å²) < 4.78 is 11.0. The Bertz CT molecular complexity index is 1080. The fourth-order valence-electron chi connectivity index (χ4n) is 2.83. The standard InChI is InChI=1S/C23H16O2/c1-24-19-13-14-21-22(16-25-23(21)15-19)20-10-6-5-9-18(20)12-11-17-7-3-2-4-8-17/h2-10,13-16H,1H3. The smallest absolute Gasteiger partial charge is 0.138 e. The summed E-state index contributed by atoms with van der Waals surface area (Å²) in [6.07, 6.45) is 1.78. The molecule has 0 atom stereocenters. The predicted octanol–water partition coefficient (Wildman–Crippen LogP) is 5.51. The number of methoxy groups -OCH3 is 1. The highest BCUT2D eigenvalue weighted by Gasteiger charge is 2.11. The van der Waals surface area contributed by atoms with Crippen molar-refractivity contribution in [3.63, 3.8) is 0 Å². The van der Waals surface area contributed by atoms with Gasteiger partial charge in [0, 0.05) is 33.7 Å². The van der Waals surface area contributed by atoms with E-state index in [2.05, 4.69) is 17.9 Å². The average Bonchev–Trinajstić information content (AvgIpc) is 3.10. The minimum absolute atomic E-state index is 0.783. The molecule has 0 fully saturated rings. The highest BCUT2D eigenvalue weighted by molar-refractivity contribution is 5.96. The Hall–Kier alpha value is -3.44. The lowest BCUT2D eigenvalue weighted by atomic mass is 9.99. The van der Waals surface area contributed by atoms with E-state index in [1.54, 1.807) is 13.4 Å². The quantitative estimate of drug-likeness (QED) is 0.454. The first-order valence-electron chi connectivity index (χ1n) is 8.07. The lowest BCUT2D eigenvalue weighted by Crippen LogP contribution is -1.84. The van der Waals surface area contributed by atoms with Gasteiger partial charge in [0.1, 0.15) is 11.3 Å². The Balaban J connectivity index is 1.81. The summed E-state index contributed by atoms with van der Waals surface area (Å²) in [5.74, 6) is 7.30. The van der Waals surface area contributed by atoms with Crippen molar-refractivity contribution >= 4 is 11.0 Å². The molecule has 0 bridgehead atoms. The van der Waals surface area contributed by atoms with Crippen molar-refractivity contribution in [2.24, 2.45) is 0 Å². The van der Waals surface area contributed by atoms with E-state index in [9.17, 15) is 0 Å². The lowest BCUT2D eigenvalue weighted by molar-refractivity contribution is 0.414. The summed E-state index contributed by atoms with van der Waals surface area (Å²) in [6, 6.07) is 24.0. The summed E-state index contributed by atoms with van der Waals surface area (Å²) in [5.41, 5.74) is 4.88. The van der Waals surface area contributed by atoms with E-state index in [1.807, 2.05) is 66.7 Å². The molecule has 0 saturated carbocycles. The normalized spacial score (nSPS) is 10.3. The van der Waals surface area contributed by atoms with Gasteiger partial charge in [-0.05, 0) is 30.3 Å². The predicted molar refractivity (Wildman–Crippen MR) is 101 cm³/mol. The SMILES string of the molecule is COc1ccc2c(-c3ccccc3C#Cc3ccccc3)coc2c1. The summed E-state index contributed by atoms with van der Waals surface area (Å²) in [6.45, 7) is 0. The first-order chi connectivity index (χ1) is 12.3. The second kappa shape index (κ2) is 6.59. The highest BCUT2D eigenvalue weighted by atomic mass is 16.5. The van der Waals surface area contributed by atoms with Crippen molar-refractivity contribution < 1.29 is 9.15 Å². The van der Waals surface area contributed by atoms with Crippen LogP contribution in [0.3, 0.4) is 0 Å². The molecule has 1 heterocycles. The summed E-state index contributed by atoms with van der Waals surface area (Å²) in [7, 11) is 1.65. The molecule has 0 aliphatic rings.